The maximum Gasteiger partial charge on any atom is 0.237 e. The quantitative estimate of drug-likeness (QED) is 0.388. The van der Waals surface area contributed by atoms with Crippen LogP contribution in [-0.4, -0.2) is 59.0 Å². The molecule has 7 heteroatoms. The van der Waals surface area contributed by atoms with E-state index in [-0.39, 0.29) is 6.10 Å². The zero-order chi connectivity index (χ0) is 20.6. The number of pyridine rings is 1. The third kappa shape index (κ3) is 5.59. The molecule has 0 spiro atoms. The van der Waals surface area contributed by atoms with Gasteiger partial charge in [-0.15, -0.1) is 0 Å². The number of rotatable bonds is 10. The van der Waals surface area contributed by atoms with Gasteiger partial charge in [0.15, 0.2) is 0 Å². The molecule has 0 bridgehead atoms. The lowest BCUT2D eigenvalue weighted by Crippen LogP contribution is -3.11. The van der Waals surface area contributed by atoms with E-state index in [1.54, 1.807) is 4.90 Å². The third-order valence-electron chi connectivity index (χ3n) is 6.40. The van der Waals surface area contributed by atoms with E-state index in [0.29, 0.717) is 0 Å². The smallest absolute Gasteiger partial charge is 0.237 e. The molecule has 160 valence electrons. The van der Waals surface area contributed by atoms with Crippen molar-refractivity contribution in [2.24, 2.45) is 0 Å². The zero-order valence-corrected chi connectivity index (χ0v) is 18.4. The van der Waals surface area contributed by atoms with E-state index < -0.39 is 0 Å². The van der Waals surface area contributed by atoms with Crippen LogP contribution < -0.4 is 25.4 Å². The van der Waals surface area contributed by atoms with Crippen molar-refractivity contribution >= 4 is 11.6 Å². The summed E-state index contributed by atoms with van der Waals surface area (Å²) in [6.45, 7) is 12.5. The minimum absolute atomic E-state index is 0.289. The highest BCUT2D eigenvalue weighted by atomic mass is 16.5. The van der Waals surface area contributed by atoms with Gasteiger partial charge in [-0.05, 0) is 32.3 Å². The van der Waals surface area contributed by atoms with E-state index >= 15 is 0 Å². The number of nitrogens with zero attached hydrogens (tertiary/aromatic N) is 1. The number of ether oxygens (including phenoxy) is 1. The number of hydrogen-bond acceptors (Lipinski definition) is 4. The van der Waals surface area contributed by atoms with Crippen LogP contribution in [0.15, 0.2) is 0 Å². The first kappa shape index (κ1) is 21.8. The Balaban J connectivity index is 1.75. The summed E-state index contributed by atoms with van der Waals surface area (Å²) in [5.74, 6) is 1.93. The van der Waals surface area contributed by atoms with Gasteiger partial charge in [0.1, 0.15) is 18.2 Å². The van der Waals surface area contributed by atoms with Gasteiger partial charge in [0.2, 0.25) is 11.6 Å². The van der Waals surface area contributed by atoms with Crippen LogP contribution in [0.25, 0.3) is 0 Å². The Morgan fingerprint density at radius 3 is 2.76 bits per heavy atom. The molecule has 0 aliphatic carbocycles. The van der Waals surface area contributed by atoms with Gasteiger partial charge >= 0.3 is 0 Å². The van der Waals surface area contributed by atoms with Crippen LogP contribution in [0.1, 0.15) is 49.8 Å². The largest absolute Gasteiger partial charge is 0.375 e. The lowest BCUT2D eigenvalue weighted by molar-refractivity contribution is -0.896. The van der Waals surface area contributed by atoms with Crippen molar-refractivity contribution in [1.82, 2.24) is 0 Å². The van der Waals surface area contributed by atoms with Gasteiger partial charge < -0.3 is 25.2 Å². The van der Waals surface area contributed by atoms with Gasteiger partial charge in [0.05, 0.1) is 58.0 Å². The van der Waals surface area contributed by atoms with Crippen molar-refractivity contribution in [3.63, 3.8) is 0 Å². The van der Waals surface area contributed by atoms with Crippen molar-refractivity contribution < 1.29 is 19.5 Å². The SMILES string of the molecule is CC[NH+](CC)CCCNc1[nH+]c(NC[C@@H]2CCCO2)c2c(c1C#N)CC[NH+](C)C2. The molecule has 0 radical (unpaired) electrons. The molecule has 2 aliphatic heterocycles. The Labute approximate surface area is 175 Å². The van der Waals surface area contributed by atoms with Gasteiger partial charge in [-0.25, -0.2) is 4.98 Å². The first-order valence-electron chi connectivity index (χ1n) is 11.4. The molecule has 5 N–H and O–H groups in total. The number of fused-ring (bicyclic) bond motifs is 1. The second-order valence-electron chi connectivity index (χ2n) is 8.46. The third-order valence-corrected chi connectivity index (χ3v) is 6.40. The standard InChI is InChI=1S/C22H36N6O/c1-4-28(5-2)11-7-10-24-21-19(14-23)18-9-12-27(3)16-20(18)22(26-21)25-15-17-8-6-13-29-17/h17H,4-13,15-16H2,1-3H3,(H2,24,25,26)/p+3/t17-/m0/s1. The van der Waals surface area contributed by atoms with Gasteiger partial charge in [0.25, 0.3) is 0 Å². The summed E-state index contributed by atoms with van der Waals surface area (Å²) in [7, 11) is 2.22. The Bertz CT molecular complexity index is 706. The molecule has 1 saturated heterocycles. The number of nitrogens with one attached hydrogen (secondary N) is 5. The molecular formula is C22H39N6O+3. The van der Waals surface area contributed by atoms with Crippen LogP contribution in [0.5, 0.6) is 0 Å². The number of aromatic amines is 1. The first-order chi connectivity index (χ1) is 14.2. The van der Waals surface area contributed by atoms with Gasteiger partial charge in [-0.2, -0.15) is 5.26 Å². The summed E-state index contributed by atoms with van der Waals surface area (Å²) in [6, 6.07) is 2.47. The number of nitriles is 1. The number of quaternary nitrogens is 2. The van der Waals surface area contributed by atoms with Crippen LogP contribution in [-0.2, 0) is 17.7 Å². The molecule has 3 heterocycles. The fourth-order valence-electron chi connectivity index (χ4n) is 4.50. The van der Waals surface area contributed by atoms with E-state index in [2.05, 4.69) is 42.6 Å². The second-order valence-corrected chi connectivity index (χ2v) is 8.46. The summed E-state index contributed by atoms with van der Waals surface area (Å²) in [5.41, 5.74) is 3.27. The molecule has 0 saturated carbocycles. The molecule has 3 rings (SSSR count). The van der Waals surface area contributed by atoms with E-state index in [9.17, 15) is 5.26 Å². The molecule has 29 heavy (non-hydrogen) atoms. The Morgan fingerprint density at radius 1 is 1.24 bits per heavy atom. The normalized spacial score (nSPS) is 21.1. The summed E-state index contributed by atoms with van der Waals surface area (Å²) < 4.78 is 5.79. The Morgan fingerprint density at radius 2 is 2.07 bits per heavy atom. The summed E-state index contributed by atoms with van der Waals surface area (Å²) in [5, 5.41) is 17.0. The topological polar surface area (TPSA) is 80.1 Å². The van der Waals surface area contributed by atoms with Crippen molar-refractivity contribution in [3.8, 4) is 6.07 Å². The number of hydrogen-bond donors (Lipinski definition) is 4. The maximum atomic E-state index is 9.89. The second kappa shape index (κ2) is 10.8. The van der Waals surface area contributed by atoms with Crippen molar-refractivity contribution in [2.45, 2.75) is 52.2 Å². The zero-order valence-electron chi connectivity index (χ0n) is 18.4. The van der Waals surface area contributed by atoms with Crippen molar-refractivity contribution in [2.75, 3.05) is 63.6 Å². The molecule has 1 unspecified atom stereocenters. The molecular weight excluding hydrogens is 364 g/mol. The fraction of sp³-hybridized carbons (Fsp3) is 0.727. The predicted octanol–water partition coefficient (Wildman–Crippen LogP) is -0.739. The minimum Gasteiger partial charge on any atom is -0.375 e. The highest BCUT2D eigenvalue weighted by Gasteiger charge is 2.29. The molecule has 1 aromatic rings. The Kier molecular flexibility index (Phi) is 8.10. The average Bonchev–Trinajstić information content (AvgIpc) is 3.25. The Hall–Kier alpha value is -1.88. The highest BCUT2D eigenvalue weighted by Crippen LogP contribution is 2.26. The predicted molar refractivity (Wildman–Crippen MR) is 114 cm³/mol. The maximum absolute atomic E-state index is 9.89. The van der Waals surface area contributed by atoms with Crippen LogP contribution >= 0.6 is 0 Å². The van der Waals surface area contributed by atoms with Crippen LogP contribution in [0.2, 0.25) is 0 Å². The molecule has 1 fully saturated rings. The lowest BCUT2D eigenvalue weighted by atomic mass is 9.96. The van der Waals surface area contributed by atoms with Crippen molar-refractivity contribution in [3.05, 3.63) is 16.7 Å². The molecule has 2 atom stereocenters. The monoisotopic (exact) mass is 403 g/mol. The molecule has 2 aliphatic rings. The molecule has 0 amide bonds. The van der Waals surface area contributed by atoms with Gasteiger partial charge in [-0.3, -0.25) is 0 Å². The highest BCUT2D eigenvalue weighted by molar-refractivity contribution is 5.60. The van der Waals surface area contributed by atoms with Crippen LogP contribution in [0.3, 0.4) is 0 Å². The number of anilines is 2. The first-order valence-corrected chi connectivity index (χ1v) is 11.4. The average molecular weight is 404 g/mol. The number of likely N-dealkylation sites (N-methyl/N-ethyl adjacent to an activating group) is 1. The summed E-state index contributed by atoms with van der Waals surface area (Å²) in [6.07, 6.45) is 4.60. The summed E-state index contributed by atoms with van der Waals surface area (Å²) in [4.78, 5) is 6.63. The minimum atomic E-state index is 0.289. The summed E-state index contributed by atoms with van der Waals surface area (Å²) >= 11 is 0. The molecule has 1 aromatic heterocycles. The molecule has 0 aromatic carbocycles. The van der Waals surface area contributed by atoms with Gasteiger partial charge in [-0.1, -0.05) is 0 Å². The van der Waals surface area contributed by atoms with Crippen LogP contribution in [0, 0.1) is 11.3 Å². The lowest BCUT2D eigenvalue weighted by Gasteiger charge is -2.25. The van der Waals surface area contributed by atoms with Crippen molar-refractivity contribution in [1.29, 1.82) is 5.26 Å². The number of H-pyrrole nitrogens is 1. The van der Waals surface area contributed by atoms with E-state index in [4.69, 9.17) is 4.74 Å². The van der Waals surface area contributed by atoms with Gasteiger partial charge in [0, 0.05) is 19.4 Å². The van der Waals surface area contributed by atoms with E-state index in [0.717, 1.165) is 95.3 Å². The van der Waals surface area contributed by atoms with Crippen LogP contribution in [0.4, 0.5) is 11.6 Å². The fourth-order valence-corrected chi connectivity index (χ4v) is 4.50. The number of aromatic nitrogens is 1. The van der Waals surface area contributed by atoms with E-state index in [1.807, 2.05) is 0 Å². The van der Waals surface area contributed by atoms with E-state index in [1.165, 1.54) is 16.0 Å². The molecule has 7 nitrogen and oxygen atoms in total.